The Labute approximate surface area is 135 Å². The van der Waals surface area contributed by atoms with Gasteiger partial charge in [-0.15, -0.1) is 0 Å². The third-order valence-corrected chi connectivity index (χ3v) is 5.32. The molecule has 0 radical (unpaired) electrons. The quantitative estimate of drug-likeness (QED) is 0.720. The van der Waals surface area contributed by atoms with E-state index in [2.05, 4.69) is 11.9 Å². The summed E-state index contributed by atoms with van der Waals surface area (Å²) in [5, 5.41) is 0.389. The van der Waals surface area contributed by atoms with Crippen molar-refractivity contribution in [3.8, 4) is 5.75 Å². The lowest BCUT2D eigenvalue weighted by molar-refractivity contribution is 0.298. The Morgan fingerprint density at radius 3 is 2.73 bits per heavy atom. The van der Waals surface area contributed by atoms with Crippen molar-refractivity contribution in [1.29, 1.82) is 0 Å². The molecule has 2 aromatic rings. The van der Waals surface area contributed by atoms with Crippen LogP contribution in [0.3, 0.4) is 0 Å². The standard InChI is InChI=1S/C15H19ClN2O3S/c1-3-4-5-8-21-14-9-12(2)13(16)10-15(14)22(19,20)18-7-6-17-11-18/h6-7,9-11H,3-5,8H2,1-2H3. The molecule has 0 unspecified atom stereocenters. The molecule has 0 aliphatic heterocycles. The fourth-order valence-electron chi connectivity index (χ4n) is 1.99. The first-order chi connectivity index (χ1) is 10.5. The van der Waals surface area contributed by atoms with E-state index in [-0.39, 0.29) is 4.90 Å². The summed E-state index contributed by atoms with van der Waals surface area (Å²) in [6.45, 7) is 4.39. The Morgan fingerprint density at radius 1 is 1.32 bits per heavy atom. The Morgan fingerprint density at radius 2 is 2.09 bits per heavy atom. The van der Waals surface area contributed by atoms with Crippen molar-refractivity contribution in [2.45, 2.75) is 38.0 Å². The largest absolute Gasteiger partial charge is 0.492 e. The summed E-state index contributed by atoms with van der Waals surface area (Å²) < 4.78 is 32.0. The van der Waals surface area contributed by atoms with Gasteiger partial charge in [0.15, 0.2) is 0 Å². The Hall–Kier alpha value is -1.53. The lowest BCUT2D eigenvalue weighted by Gasteiger charge is -2.14. The average molecular weight is 343 g/mol. The number of rotatable bonds is 7. The number of nitrogens with zero attached hydrogens (tertiary/aromatic N) is 2. The zero-order valence-corrected chi connectivity index (χ0v) is 14.2. The molecule has 5 nitrogen and oxygen atoms in total. The van der Waals surface area contributed by atoms with E-state index in [1.54, 1.807) is 6.07 Å². The number of halogens is 1. The van der Waals surface area contributed by atoms with Crippen molar-refractivity contribution in [2.75, 3.05) is 6.61 Å². The molecule has 7 heteroatoms. The van der Waals surface area contributed by atoms with Crippen LogP contribution in [-0.4, -0.2) is 24.0 Å². The normalized spacial score (nSPS) is 11.6. The zero-order chi connectivity index (χ0) is 16.2. The van der Waals surface area contributed by atoms with Gasteiger partial charge in [0.2, 0.25) is 0 Å². The second-order valence-corrected chi connectivity index (χ2v) is 7.22. The molecule has 0 amide bonds. The lowest BCUT2D eigenvalue weighted by atomic mass is 10.2. The van der Waals surface area contributed by atoms with Crippen LogP contribution < -0.4 is 4.74 Å². The molecule has 0 spiro atoms. The number of aromatic nitrogens is 2. The molecule has 0 saturated heterocycles. The van der Waals surface area contributed by atoms with Gasteiger partial charge >= 0.3 is 0 Å². The van der Waals surface area contributed by atoms with E-state index < -0.39 is 10.0 Å². The molecule has 0 atom stereocenters. The van der Waals surface area contributed by atoms with Crippen LogP contribution >= 0.6 is 11.6 Å². The summed E-state index contributed by atoms with van der Waals surface area (Å²) in [7, 11) is -3.76. The molecular weight excluding hydrogens is 324 g/mol. The predicted octanol–water partition coefficient (Wildman–Crippen LogP) is 3.65. The van der Waals surface area contributed by atoms with Gasteiger partial charge in [-0.3, -0.25) is 0 Å². The molecule has 22 heavy (non-hydrogen) atoms. The minimum Gasteiger partial charge on any atom is -0.492 e. The van der Waals surface area contributed by atoms with Gasteiger partial charge in [-0.1, -0.05) is 31.4 Å². The monoisotopic (exact) mass is 342 g/mol. The third-order valence-electron chi connectivity index (χ3n) is 3.27. The molecule has 0 aliphatic rings. The number of ether oxygens (including phenoxy) is 1. The smallest absolute Gasteiger partial charge is 0.272 e. The van der Waals surface area contributed by atoms with Crippen molar-refractivity contribution in [3.63, 3.8) is 0 Å². The second kappa shape index (κ2) is 7.15. The maximum Gasteiger partial charge on any atom is 0.272 e. The molecule has 2 rings (SSSR count). The highest BCUT2D eigenvalue weighted by Gasteiger charge is 2.23. The molecule has 0 N–H and O–H groups in total. The predicted molar refractivity (Wildman–Crippen MR) is 86.0 cm³/mol. The van der Waals surface area contributed by atoms with Crippen LogP contribution in [0.15, 0.2) is 35.7 Å². The number of aryl methyl sites for hydroxylation is 1. The highest BCUT2D eigenvalue weighted by atomic mass is 35.5. The Kier molecular flexibility index (Phi) is 5.47. The lowest BCUT2D eigenvalue weighted by Crippen LogP contribution is -2.13. The topological polar surface area (TPSA) is 61.2 Å². The van der Waals surface area contributed by atoms with Gasteiger partial charge in [0.05, 0.1) is 6.61 Å². The summed E-state index contributed by atoms with van der Waals surface area (Å²) in [6.07, 6.45) is 7.02. The van der Waals surface area contributed by atoms with E-state index in [1.165, 1.54) is 24.8 Å². The van der Waals surface area contributed by atoms with Crippen LogP contribution in [-0.2, 0) is 10.0 Å². The number of hydrogen-bond acceptors (Lipinski definition) is 4. The molecule has 1 aromatic heterocycles. The van der Waals surface area contributed by atoms with Gasteiger partial charge in [-0.2, -0.15) is 0 Å². The highest BCUT2D eigenvalue weighted by Crippen LogP contribution is 2.31. The number of hydrogen-bond donors (Lipinski definition) is 0. The van der Waals surface area contributed by atoms with Crippen LogP contribution in [0, 0.1) is 6.92 Å². The molecule has 0 bridgehead atoms. The molecular formula is C15H19ClN2O3S. The Balaban J connectivity index is 2.39. The second-order valence-electron chi connectivity index (χ2n) is 5.00. The van der Waals surface area contributed by atoms with Gasteiger partial charge in [0.25, 0.3) is 10.0 Å². The summed E-state index contributed by atoms with van der Waals surface area (Å²) >= 11 is 6.09. The first kappa shape index (κ1) is 16.8. The first-order valence-electron chi connectivity index (χ1n) is 7.13. The van der Waals surface area contributed by atoms with Crippen LogP contribution in [0.2, 0.25) is 5.02 Å². The van der Waals surface area contributed by atoms with E-state index in [1.807, 2.05) is 6.92 Å². The van der Waals surface area contributed by atoms with Crippen LogP contribution in [0.25, 0.3) is 0 Å². The van der Waals surface area contributed by atoms with E-state index in [4.69, 9.17) is 16.3 Å². The summed E-state index contributed by atoms with van der Waals surface area (Å²) in [5.74, 6) is 0.326. The highest BCUT2D eigenvalue weighted by molar-refractivity contribution is 7.90. The van der Waals surface area contributed by atoms with Crippen molar-refractivity contribution < 1.29 is 13.2 Å². The van der Waals surface area contributed by atoms with Crippen molar-refractivity contribution in [3.05, 3.63) is 41.4 Å². The molecule has 1 heterocycles. The van der Waals surface area contributed by atoms with E-state index in [0.717, 1.165) is 28.8 Å². The molecule has 0 aliphatic carbocycles. The summed E-state index contributed by atoms with van der Waals surface area (Å²) in [5.41, 5.74) is 0.775. The van der Waals surface area contributed by atoms with Crippen molar-refractivity contribution >= 4 is 21.6 Å². The van der Waals surface area contributed by atoms with E-state index in [9.17, 15) is 8.42 Å². The van der Waals surface area contributed by atoms with Crippen molar-refractivity contribution in [1.82, 2.24) is 8.96 Å². The summed E-state index contributed by atoms with van der Waals surface area (Å²) in [6, 6.07) is 3.10. The van der Waals surface area contributed by atoms with E-state index >= 15 is 0 Å². The minimum atomic E-state index is -3.76. The first-order valence-corrected chi connectivity index (χ1v) is 8.95. The fraction of sp³-hybridized carbons (Fsp3) is 0.400. The maximum absolute atomic E-state index is 12.7. The van der Waals surface area contributed by atoms with Crippen molar-refractivity contribution in [2.24, 2.45) is 0 Å². The van der Waals surface area contributed by atoms with Gasteiger partial charge in [-0.05, 0) is 31.0 Å². The minimum absolute atomic E-state index is 0.0533. The third kappa shape index (κ3) is 3.62. The number of unbranched alkanes of at least 4 members (excludes halogenated alkanes) is 2. The fourth-order valence-corrected chi connectivity index (χ4v) is 3.48. The van der Waals surface area contributed by atoms with Gasteiger partial charge in [0, 0.05) is 17.4 Å². The number of imidazole rings is 1. The molecule has 0 fully saturated rings. The van der Waals surface area contributed by atoms with E-state index in [0.29, 0.717) is 17.4 Å². The van der Waals surface area contributed by atoms with Crippen LogP contribution in [0.1, 0.15) is 31.7 Å². The van der Waals surface area contributed by atoms with Gasteiger partial charge in [-0.25, -0.2) is 17.4 Å². The number of benzene rings is 1. The average Bonchev–Trinajstić information content (AvgIpc) is 3.01. The molecule has 1 aromatic carbocycles. The SMILES string of the molecule is CCCCCOc1cc(C)c(Cl)cc1S(=O)(=O)n1ccnc1. The Bertz CT molecular complexity index is 727. The zero-order valence-electron chi connectivity index (χ0n) is 12.6. The van der Waals surface area contributed by atoms with Gasteiger partial charge in [0.1, 0.15) is 17.0 Å². The molecule has 120 valence electrons. The summed E-state index contributed by atoms with van der Waals surface area (Å²) in [4.78, 5) is 3.83. The van der Waals surface area contributed by atoms with Gasteiger partial charge < -0.3 is 4.74 Å². The van der Waals surface area contributed by atoms with Crippen LogP contribution in [0.4, 0.5) is 0 Å². The maximum atomic E-state index is 12.7. The molecule has 0 saturated carbocycles. The van der Waals surface area contributed by atoms with Crippen LogP contribution in [0.5, 0.6) is 5.75 Å².